The van der Waals surface area contributed by atoms with Gasteiger partial charge in [-0.3, -0.25) is 4.90 Å². The quantitative estimate of drug-likeness (QED) is 0.849. The molecular weight excluding hydrogens is 248 g/mol. The van der Waals surface area contributed by atoms with Crippen molar-refractivity contribution in [3.63, 3.8) is 0 Å². The minimum Gasteiger partial charge on any atom is -0.488 e. The summed E-state index contributed by atoms with van der Waals surface area (Å²) in [5.74, 6) is 1.05. The molecule has 0 fully saturated rings. The number of benzene rings is 2. The van der Waals surface area contributed by atoms with Gasteiger partial charge in [-0.15, -0.1) is 0 Å². The highest BCUT2D eigenvalue weighted by atomic mass is 16.5. The first-order valence-electron chi connectivity index (χ1n) is 7.13. The zero-order valence-electron chi connectivity index (χ0n) is 11.4. The van der Waals surface area contributed by atoms with E-state index in [1.54, 1.807) is 0 Å². The summed E-state index contributed by atoms with van der Waals surface area (Å²) in [5, 5.41) is 0. The molecule has 0 spiro atoms. The second-order valence-electron chi connectivity index (χ2n) is 5.71. The van der Waals surface area contributed by atoms with Crippen LogP contribution in [0.15, 0.2) is 42.5 Å². The van der Waals surface area contributed by atoms with Gasteiger partial charge in [-0.05, 0) is 28.8 Å². The Hall–Kier alpha value is -2.00. The van der Waals surface area contributed by atoms with E-state index in [0.29, 0.717) is 0 Å². The van der Waals surface area contributed by atoms with Crippen molar-refractivity contribution in [2.24, 2.45) is 0 Å². The van der Waals surface area contributed by atoms with Crippen molar-refractivity contribution in [3.05, 3.63) is 59.2 Å². The van der Waals surface area contributed by atoms with Gasteiger partial charge in [0.15, 0.2) is 0 Å². The van der Waals surface area contributed by atoms with Crippen LogP contribution in [0.1, 0.15) is 16.7 Å². The van der Waals surface area contributed by atoms with Gasteiger partial charge in [0.2, 0.25) is 0 Å². The zero-order chi connectivity index (χ0) is 13.5. The van der Waals surface area contributed by atoms with Gasteiger partial charge in [0, 0.05) is 31.7 Å². The minimum atomic E-state index is 0.267. The highest BCUT2D eigenvalue weighted by Crippen LogP contribution is 2.31. The van der Waals surface area contributed by atoms with Crippen LogP contribution in [-0.4, -0.2) is 17.5 Å². The summed E-state index contributed by atoms with van der Waals surface area (Å²) in [6.45, 7) is 2.89. The average molecular weight is 266 g/mol. The molecule has 3 nitrogen and oxygen atoms in total. The summed E-state index contributed by atoms with van der Waals surface area (Å²) < 4.78 is 6.03. The van der Waals surface area contributed by atoms with Crippen LogP contribution in [0.2, 0.25) is 0 Å². The Balaban J connectivity index is 1.45. The van der Waals surface area contributed by atoms with Crippen LogP contribution in [0, 0.1) is 0 Å². The van der Waals surface area contributed by atoms with E-state index < -0.39 is 0 Å². The molecule has 2 aliphatic heterocycles. The van der Waals surface area contributed by atoms with Crippen LogP contribution in [0.5, 0.6) is 5.75 Å². The number of anilines is 1. The third-order valence-electron chi connectivity index (χ3n) is 4.26. The number of nitrogen functional groups attached to an aromatic ring is 1. The Morgan fingerprint density at radius 2 is 1.90 bits per heavy atom. The Kier molecular flexibility index (Phi) is 2.67. The molecule has 0 saturated carbocycles. The summed E-state index contributed by atoms with van der Waals surface area (Å²) in [5.41, 5.74) is 11.0. The maximum atomic E-state index is 6.05. The predicted molar refractivity (Wildman–Crippen MR) is 79.5 cm³/mol. The van der Waals surface area contributed by atoms with Gasteiger partial charge in [-0.1, -0.05) is 30.3 Å². The number of hydrogen-bond donors (Lipinski definition) is 1. The number of nitrogens with zero attached hydrogens (tertiary/aromatic N) is 1. The topological polar surface area (TPSA) is 38.5 Å². The standard InChI is InChI=1S/C17H18N2O/c18-16-6-3-5-13-9-19(11-15(13)16)10-14-8-12-4-1-2-7-17(12)20-14/h1-7,14H,8-11,18H2. The third-order valence-corrected chi connectivity index (χ3v) is 4.26. The second kappa shape index (κ2) is 4.53. The van der Waals surface area contributed by atoms with Gasteiger partial charge in [0.05, 0.1) is 0 Å². The first kappa shape index (κ1) is 11.8. The molecule has 2 heterocycles. The lowest BCUT2D eigenvalue weighted by Crippen LogP contribution is -2.31. The molecule has 0 radical (unpaired) electrons. The van der Waals surface area contributed by atoms with E-state index in [0.717, 1.165) is 37.5 Å². The highest BCUT2D eigenvalue weighted by Gasteiger charge is 2.28. The van der Waals surface area contributed by atoms with Crippen molar-refractivity contribution < 1.29 is 4.74 Å². The SMILES string of the molecule is Nc1cccc2c1CN(CC1Cc3ccccc3O1)C2. The zero-order valence-corrected chi connectivity index (χ0v) is 11.4. The van der Waals surface area contributed by atoms with E-state index in [2.05, 4.69) is 29.2 Å². The number of ether oxygens (including phenoxy) is 1. The molecule has 102 valence electrons. The molecule has 0 saturated heterocycles. The Morgan fingerprint density at radius 3 is 2.75 bits per heavy atom. The van der Waals surface area contributed by atoms with Crippen molar-refractivity contribution in [1.29, 1.82) is 0 Å². The highest BCUT2D eigenvalue weighted by molar-refractivity contribution is 5.52. The molecule has 20 heavy (non-hydrogen) atoms. The summed E-state index contributed by atoms with van der Waals surface area (Å²) in [7, 11) is 0. The van der Waals surface area contributed by atoms with Gasteiger partial charge >= 0.3 is 0 Å². The summed E-state index contributed by atoms with van der Waals surface area (Å²) >= 11 is 0. The van der Waals surface area contributed by atoms with Crippen molar-refractivity contribution in [2.45, 2.75) is 25.6 Å². The number of rotatable bonds is 2. The van der Waals surface area contributed by atoms with Crippen molar-refractivity contribution >= 4 is 5.69 Å². The van der Waals surface area contributed by atoms with E-state index in [1.165, 1.54) is 16.7 Å². The largest absolute Gasteiger partial charge is 0.488 e. The molecule has 0 aromatic heterocycles. The fourth-order valence-electron chi connectivity index (χ4n) is 3.29. The summed E-state index contributed by atoms with van der Waals surface area (Å²) in [6.07, 6.45) is 1.28. The lowest BCUT2D eigenvalue weighted by molar-refractivity contribution is 0.150. The van der Waals surface area contributed by atoms with Crippen molar-refractivity contribution in [2.75, 3.05) is 12.3 Å². The first-order chi connectivity index (χ1) is 9.79. The molecule has 0 aliphatic carbocycles. The van der Waals surface area contributed by atoms with Gasteiger partial charge in [-0.2, -0.15) is 0 Å². The lowest BCUT2D eigenvalue weighted by atomic mass is 10.1. The van der Waals surface area contributed by atoms with Crippen LogP contribution < -0.4 is 10.5 Å². The molecule has 0 bridgehead atoms. The first-order valence-corrected chi connectivity index (χ1v) is 7.13. The van der Waals surface area contributed by atoms with Gasteiger partial charge in [0.1, 0.15) is 11.9 Å². The molecular formula is C17H18N2O. The normalized spacial score (nSPS) is 20.5. The molecule has 2 aromatic carbocycles. The summed E-state index contributed by atoms with van der Waals surface area (Å²) in [6, 6.07) is 14.5. The van der Waals surface area contributed by atoms with Gasteiger partial charge in [0.25, 0.3) is 0 Å². The van der Waals surface area contributed by atoms with E-state index in [9.17, 15) is 0 Å². The lowest BCUT2D eigenvalue weighted by Gasteiger charge is -2.19. The maximum absolute atomic E-state index is 6.05. The van der Waals surface area contributed by atoms with Crippen molar-refractivity contribution in [1.82, 2.24) is 4.90 Å². The van der Waals surface area contributed by atoms with Crippen molar-refractivity contribution in [3.8, 4) is 5.75 Å². The van der Waals surface area contributed by atoms with Gasteiger partial charge in [-0.25, -0.2) is 0 Å². The summed E-state index contributed by atoms with van der Waals surface area (Å²) in [4.78, 5) is 2.43. The molecule has 3 heteroatoms. The average Bonchev–Trinajstić information content (AvgIpc) is 3.02. The smallest absolute Gasteiger partial charge is 0.123 e. The van der Waals surface area contributed by atoms with E-state index in [-0.39, 0.29) is 6.10 Å². The maximum Gasteiger partial charge on any atom is 0.123 e. The Bertz CT molecular complexity index is 628. The fraction of sp³-hybridized carbons (Fsp3) is 0.294. The number of hydrogen-bond acceptors (Lipinski definition) is 3. The monoisotopic (exact) mass is 266 g/mol. The number of nitrogens with two attached hydrogens (primary N) is 1. The molecule has 4 rings (SSSR count). The van der Waals surface area contributed by atoms with Gasteiger partial charge < -0.3 is 10.5 Å². The number of para-hydroxylation sites is 1. The van der Waals surface area contributed by atoms with Crippen LogP contribution in [0.3, 0.4) is 0 Å². The molecule has 1 unspecified atom stereocenters. The minimum absolute atomic E-state index is 0.267. The fourth-order valence-corrected chi connectivity index (χ4v) is 3.29. The molecule has 0 amide bonds. The van der Waals surface area contributed by atoms with Crippen LogP contribution in [-0.2, 0) is 19.5 Å². The van der Waals surface area contributed by atoms with Crippen LogP contribution >= 0.6 is 0 Å². The Morgan fingerprint density at radius 1 is 1.05 bits per heavy atom. The molecule has 2 aliphatic rings. The van der Waals surface area contributed by atoms with E-state index >= 15 is 0 Å². The second-order valence-corrected chi connectivity index (χ2v) is 5.71. The van der Waals surface area contributed by atoms with Crippen LogP contribution in [0.25, 0.3) is 0 Å². The molecule has 2 aromatic rings. The van der Waals surface area contributed by atoms with E-state index in [4.69, 9.17) is 10.5 Å². The number of fused-ring (bicyclic) bond motifs is 2. The third kappa shape index (κ3) is 1.95. The molecule has 1 atom stereocenters. The predicted octanol–water partition coefficient (Wildman–Crippen LogP) is 2.59. The molecule has 2 N–H and O–H groups in total. The van der Waals surface area contributed by atoms with Crippen LogP contribution in [0.4, 0.5) is 5.69 Å². The van der Waals surface area contributed by atoms with E-state index in [1.807, 2.05) is 18.2 Å². The Labute approximate surface area is 119 Å².